The summed E-state index contributed by atoms with van der Waals surface area (Å²) in [6.45, 7) is 7.35. The van der Waals surface area contributed by atoms with Crippen LogP contribution in [0.3, 0.4) is 0 Å². The minimum Gasteiger partial charge on any atom is -0.382 e. The molecule has 70 valence electrons. The number of likely N-dealkylation sites (N-methyl/N-ethyl adjacent to an activating group) is 1. The monoisotopic (exact) mass is 178 g/mol. The van der Waals surface area contributed by atoms with Crippen LogP contribution in [0.15, 0.2) is 25.0 Å². The molecule has 0 saturated heterocycles. The number of aromatic nitrogens is 2. The van der Waals surface area contributed by atoms with Crippen LogP contribution in [0.5, 0.6) is 0 Å². The predicted molar refractivity (Wildman–Crippen MR) is 54.5 cm³/mol. The highest BCUT2D eigenvalue weighted by Gasteiger charge is 2.03. The molecule has 2 N–H and O–H groups in total. The summed E-state index contributed by atoms with van der Waals surface area (Å²) in [7, 11) is 0. The van der Waals surface area contributed by atoms with Crippen LogP contribution >= 0.6 is 0 Å². The van der Waals surface area contributed by atoms with E-state index in [1.54, 1.807) is 6.20 Å². The minimum absolute atomic E-state index is 0.444. The van der Waals surface area contributed by atoms with Crippen molar-refractivity contribution in [3.8, 4) is 0 Å². The zero-order valence-corrected chi connectivity index (χ0v) is 7.77. The average Bonchev–Trinajstić information content (AvgIpc) is 2.14. The van der Waals surface area contributed by atoms with Crippen molar-refractivity contribution in [2.75, 3.05) is 23.7 Å². The van der Waals surface area contributed by atoms with E-state index in [0.29, 0.717) is 5.82 Å². The molecule has 4 heteroatoms. The van der Waals surface area contributed by atoms with Gasteiger partial charge in [-0.3, -0.25) is 4.98 Å². The van der Waals surface area contributed by atoms with E-state index in [1.165, 1.54) is 6.20 Å². The molecule has 0 bridgehead atoms. The van der Waals surface area contributed by atoms with Crippen LogP contribution < -0.4 is 10.6 Å². The van der Waals surface area contributed by atoms with Gasteiger partial charge in [-0.1, -0.05) is 6.08 Å². The lowest BCUT2D eigenvalue weighted by Crippen LogP contribution is -2.23. The third-order valence-electron chi connectivity index (χ3n) is 1.70. The molecule has 1 aromatic heterocycles. The van der Waals surface area contributed by atoms with E-state index in [-0.39, 0.29) is 0 Å². The van der Waals surface area contributed by atoms with Gasteiger partial charge >= 0.3 is 0 Å². The molecule has 0 aliphatic rings. The Morgan fingerprint density at radius 3 is 2.92 bits per heavy atom. The fourth-order valence-electron chi connectivity index (χ4n) is 1.06. The van der Waals surface area contributed by atoms with E-state index >= 15 is 0 Å². The van der Waals surface area contributed by atoms with Gasteiger partial charge in [0, 0.05) is 13.1 Å². The Labute approximate surface area is 78.1 Å². The first-order valence-corrected chi connectivity index (χ1v) is 4.21. The van der Waals surface area contributed by atoms with Crippen LogP contribution in [0.25, 0.3) is 0 Å². The highest BCUT2D eigenvalue weighted by Crippen LogP contribution is 2.09. The van der Waals surface area contributed by atoms with Crippen LogP contribution in [0.2, 0.25) is 0 Å². The lowest BCUT2D eigenvalue weighted by atomic mass is 10.4. The lowest BCUT2D eigenvalue weighted by Gasteiger charge is -2.19. The third kappa shape index (κ3) is 2.43. The van der Waals surface area contributed by atoms with Gasteiger partial charge in [-0.05, 0) is 6.92 Å². The molecule has 0 radical (unpaired) electrons. The molecule has 0 aliphatic heterocycles. The number of anilines is 2. The topological polar surface area (TPSA) is 55.0 Å². The second-order valence-electron chi connectivity index (χ2n) is 2.63. The summed E-state index contributed by atoms with van der Waals surface area (Å²) in [5.41, 5.74) is 5.52. The molecule has 0 atom stereocenters. The molecular formula is C9H14N4. The first-order valence-electron chi connectivity index (χ1n) is 4.21. The second kappa shape index (κ2) is 4.45. The summed E-state index contributed by atoms with van der Waals surface area (Å²) in [5, 5.41) is 0. The third-order valence-corrected chi connectivity index (χ3v) is 1.70. The van der Waals surface area contributed by atoms with Gasteiger partial charge in [-0.2, -0.15) is 0 Å². The minimum atomic E-state index is 0.444. The van der Waals surface area contributed by atoms with Gasteiger partial charge in [0.25, 0.3) is 0 Å². The molecule has 1 heterocycles. The van der Waals surface area contributed by atoms with Crippen LogP contribution in [-0.2, 0) is 0 Å². The fraction of sp³-hybridized carbons (Fsp3) is 0.333. The lowest BCUT2D eigenvalue weighted by molar-refractivity contribution is 0.877. The van der Waals surface area contributed by atoms with Crippen molar-refractivity contribution in [3.05, 3.63) is 25.0 Å². The van der Waals surface area contributed by atoms with Crippen LogP contribution in [0.4, 0.5) is 11.6 Å². The summed E-state index contributed by atoms with van der Waals surface area (Å²) >= 11 is 0. The Kier molecular flexibility index (Phi) is 3.25. The van der Waals surface area contributed by atoms with Crippen molar-refractivity contribution in [2.24, 2.45) is 0 Å². The number of nitrogen functional groups attached to an aromatic ring is 1. The first kappa shape index (κ1) is 9.51. The highest BCUT2D eigenvalue weighted by atomic mass is 15.2. The van der Waals surface area contributed by atoms with Crippen molar-refractivity contribution >= 4 is 11.6 Å². The smallest absolute Gasteiger partial charge is 0.149 e. The molecule has 0 fully saturated rings. The Bertz CT molecular complexity index is 285. The SMILES string of the molecule is C=CCN(CC)c1cncc(N)n1. The molecule has 0 aromatic carbocycles. The molecule has 0 aliphatic carbocycles. The average molecular weight is 178 g/mol. The van der Waals surface area contributed by atoms with Gasteiger partial charge in [0.2, 0.25) is 0 Å². The van der Waals surface area contributed by atoms with E-state index in [2.05, 4.69) is 16.5 Å². The molecule has 0 spiro atoms. The molecule has 1 aromatic rings. The summed E-state index contributed by atoms with van der Waals surface area (Å²) in [6.07, 6.45) is 5.06. The molecular weight excluding hydrogens is 164 g/mol. The van der Waals surface area contributed by atoms with E-state index in [1.807, 2.05) is 17.9 Å². The maximum atomic E-state index is 5.52. The van der Waals surface area contributed by atoms with Gasteiger partial charge in [0.05, 0.1) is 12.4 Å². The summed E-state index contributed by atoms with van der Waals surface area (Å²) < 4.78 is 0. The second-order valence-corrected chi connectivity index (χ2v) is 2.63. The van der Waals surface area contributed by atoms with Crippen LogP contribution in [0.1, 0.15) is 6.92 Å². The summed E-state index contributed by atoms with van der Waals surface area (Å²) in [4.78, 5) is 10.2. The van der Waals surface area contributed by atoms with Crippen molar-refractivity contribution in [1.82, 2.24) is 9.97 Å². The Balaban J connectivity index is 2.84. The first-order chi connectivity index (χ1) is 6.27. The molecule has 0 saturated carbocycles. The van der Waals surface area contributed by atoms with Crippen LogP contribution in [0, 0.1) is 0 Å². The Morgan fingerprint density at radius 1 is 1.62 bits per heavy atom. The number of rotatable bonds is 4. The van der Waals surface area contributed by atoms with Crippen molar-refractivity contribution < 1.29 is 0 Å². The van der Waals surface area contributed by atoms with Gasteiger partial charge in [-0.25, -0.2) is 4.98 Å². The molecule has 13 heavy (non-hydrogen) atoms. The number of nitrogens with two attached hydrogens (primary N) is 1. The predicted octanol–water partition coefficient (Wildman–Crippen LogP) is 1.07. The zero-order chi connectivity index (χ0) is 9.68. The maximum Gasteiger partial charge on any atom is 0.149 e. The van der Waals surface area contributed by atoms with Gasteiger partial charge < -0.3 is 10.6 Å². The van der Waals surface area contributed by atoms with E-state index in [4.69, 9.17) is 5.73 Å². The van der Waals surface area contributed by atoms with E-state index in [9.17, 15) is 0 Å². The summed E-state index contributed by atoms with van der Waals surface area (Å²) in [5.74, 6) is 1.24. The fourth-order valence-corrected chi connectivity index (χ4v) is 1.06. The zero-order valence-electron chi connectivity index (χ0n) is 7.77. The molecule has 0 amide bonds. The van der Waals surface area contributed by atoms with Gasteiger partial charge in [-0.15, -0.1) is 6.58 Å². The van der Waals surface area contributed by atoms with E-state index in [0.717, 1.165) is 18.9 Å². The van der Waals surface area contributed by atoms with Crippen molar-refractivity contribution in [1.29, 1.82) is 0 Å². The van der Waals surface area contributed by atoms with Crippen LogP contribution in [-0.4, -0.2) is 23.1 Å². The summed E-state index contributed by atoms with van der Waals surface area (Å²) in [6, 6.07) is 0. The Hall–Kier alpha value is -1.58. The number of nitrogens with zero attached hydrogens (tertiary/aromatic N) is 3. The number of hydrogen-bond acceptors (Lipinski definition) is 4. The van der Waals surface area contributed by atoms with E-state index < -0.39 is 0 Å². The number of hydrogen-bond donors (Lipinski definition) is 1. The van der Waals surface area contributed by atoms with Crippen molar-refractivity contribution in [2.45, 2.75) is 6.92 Å². The standard InChI is InChI=1S/C9H14N4/c1-3-5-13(4-2)9-7-11-6-8(10)12-9/h3,6-7H,1,4-5H2,2H3,(H2,10,12). The van der Waals surface area contributed by atoms with Crippen molar-refractivity contribution in [3.63, 3.8) is 0 Å². The van der Waals surface area contributed by atoms with Gasteiger partial charge in [0.15, 0.2) is 0 Å². The highest BCUT2D eigenvalue weighted by molar-refractivity contribution is 5.41. The van der Waals surface area contributed by atoms with Gasteiger partial charge in [0.1, 0.15) is 11.6 Å². The molecule has 0 unspecified atom stereocenters. The largest absolute Gasteiger partial charge is 0.382 e. The molecule has 1 rings (SSSR count). The molecule has 4 nitrogen and oxygen atoms in total. The Morgan fingerprint density at radius 2 is 2.38 bits per heavy atom. The maximum absolute atomic E-state index is 5.52. The normalized spacial score (nSPS) is 9.62. The quantitative estimate of drug-likeness (QED) is 0.701.